The van der Waals surface area contributed by atoms with Crippen LogP contribution in [0.2, 0.25) is 0 Å². The monoisotopic (exact) mass is 397 g/mol. The van der Waals surface area contributed by atoms with Gasteiger partial charge in [-0.1, -0.05) is 12.1 Å². The number of carbonyl (C=O) groups is 2. The Morgan fingerprint density at radius 3 is 2.69 bits per heavy atom. The Morgan fingerprint density at radius 1 is 1.24 bits per heavy atom. The van der Waals surface area contributed by atoms with E-state index in [9.17, 15) is 9.59 Å². The number of carbonyl (C=O) groups excluding carboxylic acids is 2. The molecule has 1 atom stereocenters. The van der Waals surface area contributed by atoms with E-state index >= 15 is 0 Å². The van der Waals surface area contributed by atoms with Crippen molar-refractivity contribution in [3.63, 3.8) is 0 Å². The van der Waals surface area contributed by atoms with E-state index in [2.05, 4.69) is 15.3 Å². The standard InChI is InChI=1S/C21H27N5O3/c1-14-19(20(23-24(14)2)25-10-6-7-11-25)22-21(28)15-12-18(27)26(13-15)16-8-4-5-9-17(16)29-3/h4-5,8-9,15H,6-7,10-13H2,1-3H3,(H,22,28). The van der Waals surface area contributed by atoms with Gasteiger partial charge in [-0.2, -0.15) is 5.10 Å². The Balaban J connectivity index is 1.52. The van der Waals surface area contributed by atoms with E-state index in [0.717, 1.165) is 43.1 Å². The summed E-state index contributed by atoms with van der Waals surface area (Å²) in [6.07, 6.45) is 2.45. The van der Waals surface area contributed by atoms with Crippen LogP contribution >= 0.6 is 0 Å². The first-order valence-electron chi connectivity index (χ1n) is 10.0. The topological polar surface area (TPSA) is 79.7 Å². The molecule has 8 heteroatoms. The maximum atomic E-state index is 13.0. The number of ether oxygens (including phenoxy) is 1. The molecule has 0 saturated carbocycles. The Labute approximate surface area is 170 Å². The van der Waals surface area contributed by atoms with Crippen molar-refractivity contribution in [1.29, 1.82) is 0 Å². The van der Waals surface area contributed by atoms with E-state index in [4.69, 9.17) is 4.74 Å². The molecule has 1 unspecified atom stereocenters. The van der Waals surface area contributed by atoms with Crippen LogP contribution in [0.3, 0.4) is 0 Å². The van der Waals surface area contributed by atoms with Crippen molar-refractivity contribution in [2.45, 2.75) is 26.2 Å². The van der Waals surface area contributed by atoms with Crippen LogP contribution in [0.5, 0.6) is 5.75 Å². The molecular weight excluding hydrogens is 370 g/mol. The lowest BCUT2D eigenvalue weighted by Crippen LogP contribution is -2.29. The van der Waals surface area contributed by atoms with Gasteiger partial charge in [-0.25, -0.2) is 0 Å². The highest BCUT2D eigenvalue weighted by molar-refractivity contribution is 6.05. The highest BCUT2D eigenvalue weighted by Gasteiger charge is 2.37. The van der Waals surface area contributed by atoms with Gasteiger partial charge in [0.25, 0.3) is 0 Å². The van der Waals surface area contributed by atoms with Crippen LogP contribution in [0.25, 0.3) is 0 Å². The number of hydrogen-bond donors (Lipinski definition) is 1. The molecule has 1 N–H and O–H groups in total. The van der Waals surface area contributed by atoms with Gasteiger partial charge < -0.3 is 19.9 Å². The molecule has 2 aliphatic heterocycles. The van der Waals surface area contributed by atoms with Crippen LogP contribution in [-0.4, -0.2) is 48.3 Å². The van der Waals surface area contributed by atoms with Crippen LogP contribution in [-0.2, 0) is 16.6 Å². The van der Waals surface area contributed by atoms with Crippen molar-refractivity contribution in [2.24, 2.45) is 13.0 Å². The molecule has 154 valence electrons. The molecule has 0 radical (unpaired) electrons. The van der Waals surface area contributed by atoms with Gasteiger partial charge in [-0.05, 0) is 31.9 Å². The van der Waals surface area contributed by atoms with Gasteiger partial charge in [-0.15, -0.1) is 0 Å². The van der Waals surface area contributed by atoms with Gasteiger partial charge in [0.05, 0.1) is 24.4 Å². The first kappa shape index (κ1) is 19.3. The number of nitrogens with zero attached hydrogens (tertiary/aromatic N) is 4. The summed E-state index contributed by atoms with van der Waals surface area (Å²) >= 11 is 0. The summed E-state index contributed by atoms with van der Waals surface area (Å²) < 4.78 is 7.17. The average Bonchev–Trinajstić information content (AvgIpc) is 3.44. The Morgan fingerprint density at radius 2 is 1.97 bits per heavy atom. The molecule has 8 nitrogen and oxygen atoms in total. The third-order valence-corrected chi connectivity index (χ3v) is 5.84. The van der Waals surface area contributed by atoms with E-state index in [0.29, 0.717) is 18.0 Å². The van der Waals surface area contributed by atoms with Crippen molar-refractivity contribution in [3.05, 3.63) is 30.0 Å². The summed E-state index contributed by atoms with van der Waals surface area (Å²) in [5, 5.41) is 7.67. The van der Waals surface area contributed by atoms with Crippen molar-refractivity contribution in [2.75, 3.05) is 41.9 Å². The lowest BCUT2D eigenvalue weighted by atomic mass is 10.1. The number of aryl methyl sites for hydroxylation is 1. The Bertz CT molecular complexity index is 932. The summed E-state index contributed by atoms with van der Waals surface area (Å²) in [7, 11) is 3.46. The SMILES string of the molecule is COc1ccccc1N1CC(C(=O)Nc2c(N3CCCC3)nn(C)c2C)CC1=O. The molecule has 4 rings (SSSR count). The number of rotatable bonds is 5. The zero-order valence-corrected chi connectivity index (χ0v) is 17.1. The number of methoxy groups -OCH3 is 1. The maximum Gasteiger partial charge on any atom is 0.229 e. The van der Waals surface area contributed by atoms with E-state index in [1.807, 2.05) is 38.2 Å². The van der Waals surface area contributed by atoms with Crippen LogP contribution in [0.1, 0.15) is 25.0 Å². The summed E-state index contributed by atoms with van der Waals surface area (Å²) in [6.45, 7) is 4.18. The second-order valence-corrected chi connectivity index (χ2v) is 7.67. The second-order valence-electron chi connectivity index (χ2n) is 7.67. The van der Waals surface area contributed by atoms with Gasteiger partial charge in [0.1, 0.15) is 11.4 Å². The molecule has 2 fully saturated rings. The van der Waals surface area contributed by atoms with Gasteiger partial charge in [-0.3, -0.25) is 14.3 Å². The Hall–Kier alpha value is -3.03. The molecule has 1 aromatic heterocycles. The van der Waals surface area contributed by atoms with E-state index in [1.54, 1.807) is 16.7 Å². The fourth-order valence-corrected chi connectivity index (χ4v) is 4.08. The van der Waals surface area contributed by atoms with Crippen molar-refractivity contribution in [1.82, 2.24) is 9.78 Å². The molecule has 0 aliphatic carbocycles. The summed E-state index contributed by atoms with van der Waals surface area (Å²) in [5.41, 5.74) is 2.36. The minimum atomic E-state index is -0.418. The molecule has 2 amide bonds. The minimum absolute atomic E-state index is 0.0719. The molecular formula is C21H27N5O3. The Kier molecular flexibility index (Phi) is 5.17. The minimum Gasteiger partial charge on any atom is -0.495 e. The molecule has 2 aliphatic rings. The van der Waals surface area contributed by atoms with Crippen molar-refractivity contribution in [3.8, 4) is 5.75 Å². The molecule has 2 saturated heterocycles. The zero-order chi connectivity index (χ0) is 20.5. The lowest BCUT2D eigenvalue weighted by molar-refractivity contribution is -0.122. The van der Waals surface area contributed by atoms with E-state index in [-0.39, 0.29) is 18.2 Å². The number of para-hydroxylation sites is 2. The number of hydrogen-bond acceptors (Lipinski definition) is 5. The molecule has 0 bridgehead atoms. The second kappa shape index (κ2) is 7.77. The highest BCUT2D eigenvalue weighted by Crippen LogP contribution is 2.35. The first-order valence-corrected chi connectivity index (χ1v) is 10.0. The average molecular weight is 397 g/mol. The van der Waals surface area contributed by atoms with Crippen LogP contribution in [0, 0.1) is 12.8 Å². The maximum absolute atomic E-state index is 13.0. The lowest BCUT2D eigenvalue weighted by Gasteiger charge is -2.20. The molecule has 1 aromatic carbocycles. The fourth-order valence-electron chi connectivity index (χ4n) is 4.08. The fraction of sp³-hybridized carbons (Fsp3) is 0.476. The predicted octanol–water partition coefficient (Wildman–Crippen LogP) is 2.33. The van der Waals surface area contributed by atoms with Crippen molar-refractivity contribution >= 4 is 29.0 Å². The number of anilines is 3. The van der Waals surface area contributed by atoms with E-state index < -0.39 is 5.92 Å². The first-order chi connectivity index (χ1) is 14.0. The third kappa shape index (κ3) is 3.54. The van der Waals surface area contributed by atoms with Gasteiger partial charge in [0.15, 0.2) is 5.82 Å². The molecule has 0 spiro atoms. The van der Waals surface area contributed by atoms with E-state index in [1.165, 1.54) is 0 Å². The molecule has 2 aromatic rings. The van der Waals surface area contributed by atoms with Crippen LogP contribution in [0.4, 0.5) is 17.2 Å². The van der Waals surface area contributed by atoms with Gasteiger partial charge >= 0.3 is 0 Å². The number of nitrogens with one attached hydrogen (secondary N) is 1. The number of amides is 2. The smallest absolute Gasteiger partial charge is 0.229 e. The summed E-state index contributed by atoms with van der Waals surface area (Å²) in [6, 6.07) is 7.38. The van der Waals surface area contributed by atoms with Crippen molar-refractivity contribution < 1.29 is 14.3 Å². The summed E-state index contributed by atoms with van der Waals surface area (Å²) in [4.78, 5) is 29.5. The normalized spacial score (nSPS) is 19.1. The summed E-state index contributed by atoms with van der Waals surface area (Å²) in [5.74, 6) is 0.811. The van der Waals surface area contributed by atoms with Crippen LogP contribution < -0.4 is 19.9 Å². The molecule has 29 heavy (non-hydrogen) atoms. The van der Waals surface area contributed by atoms with Gasteiger partial charge in [0.2, 0.25) is 11.8 Å². The van der Waals surface area contributed by atoms with Gasteiger partial charge in [0, 0.05) is 33.1 Å². The third-order valence-electron chi connectivity index (χ3n) is 5.84. The largest absolute Gasteiger partial charge is 0.495 e. The highest BCUT2D eigenvalue weighted by atomic mass is 16.5. The zero-order valence-electron chi connectivity index (χ0n) is 17.1. The number of aromatic nitrogens is 2. The quantitative estimate of drug-likeness (QED) is 0.838. The predicted molar refractivity (Wildman–Crippen MR) is 111 cm³/mol. The van der Waals surface area contributed by atoms with Crippen LogP contribution in [0.15, 0.2) is 24.3 Å². The number of benzene rings is 1. The molecule has 3 heterocycles.